The number of rotatable bonds is 16. The smallest absolute Gasteiger partial charge is 0.330 e. The van der Waals surface area contributed by atoms with Crippen LogP contribution < -0.4 is 0 Å². The molecule has 8 rings (SSSR count). The summed E-state index contributed by atoms with van der Waals surface area (Å²) in [6.07, 6.45) is -0.519. The molecule has 8 aliphatic rings. The Hall–Kier alpha value is -1.98. The first-order chi connectivity index (χ1) is 34.9. The number of allylic oxidation sites excluding steroid dienone is 1. The van der Waals surface area contributed by atoms with E-state index in [2.05, 4.69) is 13.0 Å². The Balaban J connectivity index is 0.869. The Morgan fingerprint density at radius 3 is 1.62 bits per heavy atom. The number of carbonyl (C=O) groups is 2. The third-order valence-corrected chi connectivity index (χ3v) is 19.4. The Labute approximate surface area is 439 Å². The van der Waals surface area contributed by atoms with Gasteiger partial charge in [0.05, 0.1) is 54.9 Å². The fourth-order valence-corrected chi connectivity index (χ4v) is 14.7. The second kappa shape index (κ2) is 23.0. The monoisotopic (exact) mass is 1050 g/mol. The standard InChI is InChI=1S/C56H90O18/c1-28(2)29(3)21-44(58)71-43-27-42-53(9)18-16-36(22-35(53)15-19-55(42,60)56(61)20-17-37(30(4)57)54(43,56)10)70-45-24-39(63-12)50(32(6)67-45)73-47-26-41(65-14)52(34(8)69-47)74-48-25-40(64-13)51(33(7)68-48)72-46-23-38(62-11)49(59)31(5)66-46/h15,21,28,31-34,36-43,45-52,59-61H,16-20,22-27H2,1-14H3/b29-21+/t31-,32-,33-,34-,36+,37-,38-,39+,40-,41+,42-,43-,45+,46+,47+,48+,49-,50-,51-,52-,53+,54+,55+,56-/m1/s1. The van der Waals surface area contributed by atoms with Crippen molar-refractivity contribution < 1.29 is 86.5 Å². The maximum Gasteiger partial charge on any atom is 0.330 e. The third kappa shape index (κ3) is 10.8. The molecule has 3 saturated carbocycles. The van der Waals surface area contributed by atoms with Crippen molar-refractivity contribution >= 4 is 11.8 Å². The molecule has 0 radical (unpaired) electrons. The van der Waals surface area contributed by atoms with Gasteiger partial charge < -0.3 is 76.9 Å². The van der Waals surface area contributed by atoms with Gasteiger partial charge in [-0.05, 0) is 97.8 Å². The van der Waals surface area contributed by atoms with Crippen LogP contribution in [-0.2, 0) is 71.2 Å². The van der Waals surface area contributed by atoms with Crippen molar-refractivity contribution in [2.24, 2.45) is 28.6 Å². The lowest BCUT2D eigenvalue weighted by Gasteiger charge is -2.66. The van der Waals surface area contributed by atoms with Crippen molar-refractivity contribution in [2.45, 2.75) is 262 Å². The van der Waals surface area contributed by atoms with Crippen LogP contribution >= 0.6 is 0 Å². The number of Topliss-reactive ketones (excluding diaryl/α,β-unsaturated/α-hetero) is 1. The summed E-state index contributed by atoms with van der Waals surface area (Å²) < 4.78 is 81.8. The number of carbonyl (C=O) groups excluding carboxylic acids is 2. The van der Waals surface area contributed by atoms with Crippen molar-refractivity contribution in [3.8, 4) is 0 Å². The molecule has 7 fully saturated rings. The Morgan fingerprint density at radius 2 is 1.15 bits per heavy atom. The van der Waals surface area contributed by atoms with Crippen molar-refractivity contribution in [1.29, 1.82) is 0 Å². The van der Waals surface area contributed by atoms with E-state index in [0.717, 1.165) is 11.1 Å². The van der Waals surface area contributed by atoms with Crippen LogP contribution in [0.5, 0.6) is 0 Å². The maximum atomic E-state index is 13.6. The zero-order valence-electron chi connectivity index (χ0n) is 46.5. The SMILES string of the molecule is CO[C@H]1C[C@H](O[C@H]2CC[C@@]3(C)C(=CC[C@]4(O)[C@@H]3C[C@@H](OC(=O)/C=C(\C)C(C)C)[C@]3(C)[C@@H](C(C)=O)CC[C@@]34O)C2)O[C@H](C)[C@H]1O[C@H]1C[C@H](OC)[C@H](O[C@H]2C[C@@H](OC)[C@H](O[C@H]3C[C@@H](OC)[C@H](O)[C@@H](C)O3)[C@@H](C)O2)[C@@H](C)O1. The van der Waals surface area contributed by atoms with Gasteiger partial charge in [0.2, 0.25) is 0 Å². The van der Waals surface area contributed by atoms with Gasteiger partial charge in [0.1, 0.15) is 47.5 Å². The number of ketones is 1. The molecule has 4 saturated heterocycles. The molecule has 0 aromatic carbocycles. The molecule has 24 atom stereocenters. The molecule has 74 heavy (non-hydrogen) atoms. The number of aliphatic hydroxyl groups is 3. The summed E-state index contributed by atoms with van der Waals surface area (Å²) in [5.74, 6) is -1.42. The summed E-state index contributed by atoms with van der Waals surface area (Å²) in [6, 6.07) is 0. The molecule has 18 nitrogen and oxygen atoms in total. The van der Waals surface area contributed by atoms with Gasteiger partial charge >= 0.3 is 5.97 Å². The van der Waals surface area contributed by atoms with Crippen molar-refractivity contribution in [3.05, 3.63) is 23.3 Å². The lowest BCUT2D eigenvalue weighted by molar-refractivity contribution is -0.347. The summed E-state index contributed by atoms with van der Waals surface area (Å²) in [7, 11) is 6.52. The van der Waals surface area contributed by atoms with E-state index < -0.39 is 126 Å². The average Bonchev–Trinajstić information content (AvgIpc) is 3.65. The summed E-state index contributed by atoms with van der Waals surface area (Å²) in [4.78, 5) is 26.8. The zero-order chi connectivity index (χ0) is 53.8. The number of methoxy groups -OCH3 is 4. The van der Waals surface area contributed by atoms with E-state index in [9.17, 15) is 24.9 Å². The van der Waals surface area contributed by atoms with Crippen LogP contribution in [0, 0.1) is 28.6 Å². The molecule has 3 N–H and O–H groups in total. The van der Waals surface area contributed by atoms with Gasteiger partial charge in [0.15, 0.2) is 25.2 Å². The zero-order valence-corrected chi connectivity index (χ0v) is 46.5. The number of esters is 1. The molecule has 18 heteroatoms. The van der Waals surface area contributed by atoms with Gasteiger partial charge in [0.25, 0.3) is 0 Å². The van der Waals surface area contributed by atoms with Gasteiger partial charge in [0, 0.05) is 77.4 Å². The fraction of sp³-hybridized carbons (Fsp3) is 0.893. The lowest BCUT2D eigenvalue weighted by atomic mass is 9.43. The summed E-state index contributed by atoms with van der Waals surface area (Å²) in [6.45, 7) is 19.1. The average molecular weight is 1050 g/mol. The molecule has 0 spiro atoms. The highest BCUT2D eigenvalue weighted by atomic mass is 16.8. The van der Waals surface area contributed by atoms with E-state index in [-0.39, 0.29) is 49.0 Å². The van der Waals surface area contributed by atoms with E-state index in [0.29, 0.717) is 57.8 Å². The van der Waals surface area contributed by atoms with Crippen molar-refractivity contribution in [1.82, 2.24) is 0 Å². The third-order valence-electron chi connectivity index (χ3n) is 19.4. The second-order valence-electron chi connectivity index (χ2n) is 23.8. The number of aliphatic hydroxyl groups excluding tert-OH is 1. The van der Waals surface area contributed by atoms with Gasteiger partial charge in [-0.1, -0.05) is 44.9 Å². The van der Waals surface area contributed by atoms with E-state index in [1.54, 1.807) is 35.4 Å². The van der Waals surface area contributed by atoms with Crippen LogP contribution in [0.25, 0.3) is 0 Å². The number of hydrogen-bond donors (Lipinski definition) is 3. The van der Waals surface area contributed by atoms with Gasteiger partial charge in [-0.15, -0.1) is 0 Å². The summed E-state index contributed by atoms with van der Waals surface area (Å²) in [5.41, 5.74) is -2.87. The molecule has 0 bridgehead atoms. The number of ether oxygens (including phenoxy) is 13. The van der Waals surface area contributed by atoms with Crippen LogP contribution in [0.3, 0.4) is 0 Å². The molecular weight excluding hydrogens is 961 g/mol. The molecule has 0 aromatic rings. The first kappa shape index (κ1) is 58.2. The van der Waals surface area contributed by atoms with Crippen molar-refractivity contribution in [2.75, 3.05) is 28.4 Å². The molecule has 422 valence electrons. The van der Waals surface area contributed by atoms with E-state index in [1.807, 2.05) is 48.5 Å². The molecule has 4 heterocycles. The first-order valence-electron chi connectivity index (χ1n) is 27.5. The van der Waals surface area contributed by atoms with Crippen LogP contribution in [0.2, 0.25) is 0 Å². The van der Waals surface area contributed by atoms with Crippen LogP contribution in [0.4, 0.5) is 0 Å². The highest BCUT2D eigenvalue weighted by Gasteiger charge is 2.77. The maximum absolute atomic E-state index is 13.6. The molecular formula is C56H90O18. The van der Waals surface area contributed by atoms with Crippen LogP contribution in [-0.4, -0.2) is 177 Å². The number of hydrogen-bond acceptors (Lipinski definition) is 18. The van der Waals surface area contributed by atoms with Crippen LogP contribution in [0.1, 0.15) is 140 Å². The summed E-state index contributed by atoms with van der Waals surface area (Å²) in [5, 5.41) is 36.3. The second-order valence-corrected chi connectivity index (χ2v) is 23.8. The molecule has 0 amide bonds. The van der Waals surface area contributed by atoms with E-state index in [1.165, 1.54) is 13.0 Å². The van der Waals surface area contributed by atoms with Crippen LogP contribution in [0.15, 0.2) is 23.3 Å². The molecule has 4 aliphatic carbocycles. The highest BCUT2D eigenvalue weighted by molar-refractivity contribution is 5.83. The van der Waals surface area contributed by atoms with E-state index in [4.69, 9.17) is 61.6 Å². The topological polar surface area (TPSA) is 215 Å². The highest BCUT2D eigenvalue weighted by Crippen LogP contribution is 2.70. The fourth-order valence-electron chi connectivity index (χ4n) is 14.7. The molecule has 4 aliphatic heterocycles. The Kier molecular flexibility index (Phi) is 18.1. The Morgan fingerprint density at radius 1 is 0.676 bits per heavy atom. The Bertz CT molecular complexity index is 2020. The summed E-state index contributed by atoms with van der Waals surface area (Å²) >= 11 is 0. The minimum atomic E-state index is -1.66. The minimum Gasteiger partial charge on any atom is -0.458 e. The van der Waals surface area contributed by atoms with Crippen molar-refractivity contribution in [3.63, 3.8) is 0 Å². The lowest BCUT2D eigenvalue weighted by Crippen LogP contribution is -2.75. The van der Waals surface area contributed by atoms with Gasteiger partial charge in [-0.2, -0.15) is 0 Å². The first-order valence-corrected chi connectivity index (χ1v) is 27.5. The largest absolute Gasteiger partial charge is 0.458 e. The molecule has 0 unspecified atom stereocenters. The molecule has 0 aromatic heterocycles. The van der Waals surface area contributed by atoms with E-state index >= 15 is 0 Å². The minimum absolute atomic E-state index is 0.0737. The quantitative estimate of drug-likeness (QED) is 0.0917. The predicted molar refractivity (Wildman–Crippen MR) is 267 cm³/mol. The van der Waals surface area contributed by atoms with Gasteiger partial charge in [-0.3, -0.25) is 4.79 Å². The number of fused-ring (bicyclic) bond motifs is 5. The normalized spacial score (nSPS) is 48.8. The van der Waals surface area contributed by atoms with Gasteiger partial charge in [-0.25, -0.2) is 4.79 Å². The predicted octanol–water partition coefficient (Wildman–Crippen LogP) is 6.01.